The van der Waals surface area contributed by atoms with Crippen molar-refractivity contribution in [3.63, 3.8) is 0 Å². The number of nitrogens with one attached hydrogen (secondary N) is 2. The van der Waals surface area contributed by atoms with E-state index in [1.165, 1.54) is 11.1 Å². The molecule has 3 amide bonds. The van der Waals surface area contributed by atoms with Crippen LogP contribution in [-0.4, -0.2) is 35.2 Å². The molecule has 6 heteroatoms. The Morgan fingerprint density at radius 2 is 1.95 bits per heavy atom. The summed E-state index contributed by atoms with van der Waals surface area (Å²) in [4.78, 5) is 37.6. The third-order valence-corrected chi connectivity index (χ3v) is 4.81. The predicted molar refractivity (Wildman–Crippen MR) is 77.9 cm³/mol. The molecule has 0 spiro atoms. The standard InChI is InChI=1S/C16H17N3O3/c20-14-4-3-13(15(21)18-14)19-8-12-10(16(19)22)2-1-9-5-6-17-7-11(9)12/h1-2,13,17H,3-8H2,(H,18,20,21)/t13-/m0/s1. The van der Waals surface area contributed by atoms with E-state index in [2.05, 4.69) is 10.6 Å². The molecule has 0 saturated carbocycles. The molecule has 3 heterocycles. The average Bonchev–Trinajstić information content (AvgIpc) is 2.85. The summed E-state index contributed by atoms with van der Waals surface area (Å²) in [7, 11) is 0. The number of fused-ring (bicyclic) bond motifs is 3. The van der Waals surface area contributed by atoms with Crippen LogP contribution in [0.3, 0.4) is 0 Å². The first-order valence-electron chi connectivity index (χ1n) is 7.64. The maximum Gasteiger partial charge on any atom is 0.255 e. The van der Waals surface area contributed by atoms with Crippen molar-refractivity contribution in [2.75, 3.05) is 6.54 Å². The fourth-order valence-electron chi connectivity index (χ4n) is 3.64. The van der Waals surface area contributed by atoms with E-state index < -0.39 is 6.04 Å². The molecule has 1 aromatic rings. The minimum atomic E-state index is -0.537. The molecule has 6 nitrogen and oxygen atoms in total. The van der Waals surface area contributed by atoms with Crippen LogP contribution in [0.1, 0.15) is 39.9 Å². The summed E-state index contributed by atoms with van der Waals surface area (Å²) in [5, 5.41) is 5.67. The lowest BCUT2D eigenvalue weighted by atomic mass is 9.93. The topological polar surface area (TPSA) is 78.5 Å². The molecule has 1 fully saturated rings. The minimum Gasteiger partial charge on any atom is -0.322 e. The molecular formula is C16H17N3O3. The number of hydrogen-bond donors (Lipinski definition) is 2. The van der Waals surface area contributed by atoms with Gasteiger partial charge < -0.3 is 10.2 Å². The lowest BCUT2D eigenvalue weighted by Gasteiger charge is -2.29. The Labute approximate surface area is 127 Å². The van der Waals surface area contributed by atoms with Crippen molar-refractivity contribution in [3.8, 4) is 0 Å². The monoisotopic (exact) mass is 299 g/mol. The van der Waals surface area contributed by atoms with E-state index in [-0.39, 0.29) is 24.1 Å². The number of hydrogen-bond acceptors (Lipinski definition) is 4. The Balaban J connectivity index is 1.67. The summed E-state index contributed by atoms with van der Waals surface area (Å²) >= 11 is 0. The van der Waals surface area contributed by atoms with Crippen molar-refractivity contribution in [2.24, 2.45) is 0 Å². The molecule has 3 aliphatic heterocycles. The highest BCUT2D eigenvalue weighted by Gasteiger charge is 2.40. The van der Waals surface area contributed by atoms with Crippen molar-refractivity contribution in [3.05, 3.63) is 34.4 Å². The van der Waals surface area contributed by atoms with E-state index in [0.29, 0.717) is 18.5 Å². The van der Waals surface area contributed by atoms with Crippen LogP contribution in [0.4, 0.5) is 0 Å². The molecule has 1 saturated heterocycles. The first kappa shape index (κ1) is 13.5. The minimum absolute atomic E-state index is 0.0992. The van der Waals surface area contributed by atoms with Gasteiger partial charge in [-0.05, 0) is 42.1 Å². The Bertz CT molecular complexity index is 698. The second-order valence-electron chi connectivity index (χ2n) is 6.06. The van der Waals surface area contributed by atoms with E-state index in [1.807, 2.05) is 12.1 Å². The molecule has 22 heavy (non-hydrogen) atoms. The number of amides is 3. The van der Waals surface area contributed by atoms with E-state index in [9.17, 15) is 14.4 Å². The second kappa shape index (κ2) is 4.91. The summed E-state index contributed by atoms with van der Waals surface area (Å²) in [6, 6.07) is 3.37. The van der Waals surface area contributed by atoms with Gasteiger partial charge in [0, 0.05) is 25.1 Å². The van der Waals surface area contributed by atoms with Crippen molar-refractivity contribution < 1.29 is 14.4 Å². The molecule has 2 N–H and O–H groups in total. The first-order valence-corrected chi connectivity index (χ1v) is 7.64. The van der Waals surface area contributed by atoms with Crippen molar-refractivity contribution in [1.29, 1.82) is 0 Å². The highest BCUT2D eigenvalue weighted by molar-refractivity contribution is 6.05. The number of piperidine rings is 1. The van der Waals surface area contributed by atoms with Crippen LogP contribution >= 0.6 is 0 Å². The lowest BCUT2D eigenvalue weighted by molar-refractivity contribution is -0.136. The lowest BCUT2D eigenvalue weighted by Crippen LogP contribution is -2.52. The molecule has 3 aliphatic rings. The van der Waals surface area contributed by atoms with Gasteiger partial charge in [-0.25, -0.2) is 0 Å². The third-order valence-electron chi connectivity index (χ3n) is 4.81. The Morgan fingerprint density at radius 3 is 2.77 bits per heavy atom. The molecule has 0 bridgehead atoms. The fourth-order valence-corrected chi connectivity index (χ4v) is 3.64. The van der Waals surface area contributed by atoms with Gasteiger partial charge in [-0.15, -0.1) is 0 Å². The van der Waals surface area contributed by atoms with E-state index in [4.69, 9.17) is 0 Å². The third kappa shape index (κ3) is 1.94. The van der Waals surface area contributed by atoms with Crippen LogP contribution in [0, 0.1) is 0 Å². The highest BCUT2D eigenvalue weighted by Crippen LogP contribution is 2.32. The normalized spacial score (nSPS) is 24.1. The zero-order chi connectivity index (χ0) is 15.3. The van der Waals surface area contributed by atoms with Gasteiger partial charge in [-0.3, -0.25) is 19.7 Å². The van der Waals surface area contributed by atoms with Gasteiger partial charge in [0.05, 0.1) is 0 Å². The van der Waals surface area contributed by atoms with Crippen molar-refractivity contribution >= 4 is 17.7 Å². The molecule has 0 aliphatic carbocycles. The summed E-state index contributed by atoms with van der Waals surface area (Å²) in [5.41, 5.74) is 4.23. The zero-order valence-corrected chi connectivity index (χ0v) is 12.1. The van der Waals surface area contributed by atoms with Crippen molar-refractivity contribution in [2.45, 2.75) is 38.4 Å². The summed E-state index contributed by atoms with van der Waals surface area (Å²) in [6.07, 6.45) is 1.66. The molecular weight excluding hydrogens is 282 g/mol. The van der Waals surface area contributed by atoms with Crippen LogP contribution in [0.25, 0.3) is 0 Å². The molecule has 0 unspecified atom stereocenters. The number of imide groups is 1. The zero-order valence-electron chi connectivity index (χ0n) is 12.1. The quantitative estimate of drug-likeness (QED) is 0.721. The van der Waals surface area contributed by atoms with Crippen LogP contribution in [0.5, 0.6) is 0 Å². The second-order valence-corrected chi connectivity index (χ2v) is 6.06. The largest absolute Gasteiger partial charge is 0.322 e. The Kier molecular flexibility index (Phi) is 3.00. The van der Waals surface area contributed by atoms with Crippen LogP contribution in [0.15, 0.2) is 12.1 Å². The maximum absolute atomic E-state index is 12.6. The Morgan fingerprint density at radius 1 is 1.09 bits per heavy atom. The van der Waals surface area contributed by atoms with Gasteiger partial charge >= 0.3 is 0 Å². The van der Waals surface area contributed by atoms with Crippen LogP contribution in [-0.2, 0) is 29.1 Å². The van der Waals surface area contributed by atoms with Gasteiger partial charge in [0.15, 0.2) is 0 Å². The van der Waals surface area contributed by atoms with Crippen LogP contribution < -0.4 is 10.6 Å². The number of rotatable bonds is 1. The smallest absolute Gasteiger partial charge is 0.255 e. The van der Waals surface area contributed by atoms with E-state index in [0.717, 1.165) is 25.1 Å². The molecule has 1 aromatic carbocycles. The molecule has 114 valence electrons. The predicted octanol–water partition coefficient (Wildman–Crippen LogP) is 0.0933. The number of nitrogens with zero attached hydrogens (tertiary/aromatic N) is 1. The average molecular weight is 299 g/mol. The fraction of sp³-hybridized carbons (Fsp3) is 0.438. The summed E-state index contributed by atoms with van der Waals surface area (Å²) in [6.45, 7) is 2.19. The van der Waals surface area contributed by atoms with Gasteiger partial charge in [0.2, 0.25) is 11.8 Å². The van der Waals surface area contributed by atoms with E-state index in [1.54, 1.807) is 4.90 Å². The SMILES string of the molecule is O=C1CC[C@H](N2Cc3c(ccc4c3CNCC4)C2=O)C(=O)N1. The molecule has 0 aromatic heterocycles. The Hall–Kier alpha value is -2.21. The van der Waals surface area contributed by atoms with Gasteiger partial charge in [0.25, 0.3) is 5.91 Å². The molecule has 4 rings (SSSR count). The first-order chi connectivity index (χ1) is 10.6. The van der Waals surface area contributed by atoms with E-state index >= 15 is 0 Å². The summed E-state index contributed by atoms with van der Waals surface area (Å²) in [5.74, 6) is -0.714. The highest BCUT2D eigenvalue weighted by atomic mass is 16.2. The molecule has 1 atom stereocenters. The van der Waals surface area contributed by atoms with Gasteiger partial charge in [-0.2, -0.15) is 0 Å². The van der Waals surface area contributed by atoms with Crippen molar-refractivity contribution in [1.82, 2.24) is 15.5 Å². The van der Waals surface area contributed by atoms with Gasteiger partial charge in [0.1, 0.15) is 6.04 Å². The number of benzene rings is 1. The molecule has 0 radical (unpaired) electrons. The van der Waals surface area contributed by atoms with Gasteiger partial charge in [-0.1, -0.05) is 6.07 Å². The maximum atomic E-state index is 12.6. The number of carbonyl (C=O) groups is 3. The van der Waals surface area contributed by atoms with Crippen LogP contribution in [0.2, 0.25) is 0 Å². The summed E-state index contributed by atoms with van der Waals surface area (Å²) < 4.78 is 0. The number of carbonyl (C=O) groups excluding carboxylic acids is 3.